The summed E-state index contributed by atoms with van der Waals surface area (Å²) in [4.78, 5) is 27.4. The zero-order valence-electron chi connectivity index (χ0n) is 12.7. The lowest BCUT2D eigenvalue weighted by molar-refractivity contribution is -0.116. The molecule has 0 aliphatic carbocycles. The minimum atomic E-state index is -0.00643. The van der Waals surface area contributed by atoms with E-state index in [4.69, 9.17) is 0 Å². The summed E-state index contributed by atoms with van der Waals surface area (Å²) in [7, 11) is 0. The molecular weight excluding hydrogens is 286 g/mol. The van der Waals surface area contributed by atoms with E-state index in [1.165, 1.54) is 11.3 Å². The van der Waals surface area contributed by atoms with E-state index in [9.17, 15) is 9.59 Å². The van der Waals surface area contributed by atoms with Crippen LogP contribution >= 0.6 is 11.3 Å². The number of amides is 2. The van der Waals surface area contributed by atoms with E-state index in [-0.39, 0.29) is 11.8 Å². The molecule has 1 aromatic heterocycles. The average molecular weight is 309 g/mol. The van der Waals surface area contributed by atoms with Crippen LogP contribution in [0.25, 0.3) is 0 Å². The molecule has 2 amide bonds. The molecule has 2 rings (SSSR count). The third-order valence-corrected chi connectivity index (χ3v) is 4.47. The summed E-state index contributed by atoms with van der Waals surface area (Å²) in [5.74, 6) is 0.0136. The maximum atomic E-state index is 12.6. The minimum Gasteiger partial charge on any atom is -0.336 e. The zero-order chi connectivity index (χ0) is 15.2. The van der Waals surface area contributed by atoms with Crippen molar-refractivity contribution in [2.24, 2.45) is 0 Å². The van der Waals surface area contributed by atoms with Crippen molar-refractivity contribution < 1.29 is 9.59 Å². The summed E-state index contributed by atoms with van der Waals surface area (Å²) in [5, 5.41) is 6.83. The van der Waals surface area contributed by atoms with Gasteiger partial charge in [0.05, 0.1) is 5.56 Å². The van der Waals surface area contributed by atoms with Crippen LogP contribution in [0.3, 0.4) is 0 Å². The monoisotopic (exact) mass is 309 g/mol. The lowest BCUT2D eigenvalue weighted by atomic mass is 10.2. The number of anilines is 1. The highest BCUT2D eigenvalue weighted by atomic mass is 32.1. The number of piperazine rings is 1. The molecule has 1 fully saturated rings. The van der Waals surface area contributed by atoms with Gasteiger partial charge in [-0.1, -0.05) is 13.3 Å². The first-order valence-electron chi connectivity index (χ1n) is 7.52. The smallest absolute Gasteiger partial charge is 0.256 e. The second-order valence-corrected chi connectivity index (χ2v) is 6.55. The Kier molecular flexibility index (Phi) is 5.76. The Morgan fingerprint density at radius 1 is 1.38 bits per heavy atom. The van der Waals surface area contributed by atoms with Gasteiger partial charge >= 0.3 is 0 Å². The lowest BCUT2D eigenvalue weighted by Crippen LogP contribution is -2.46. The standard InChI is InChI=1S/C15H23N3O2S/c1-3-4-5-13(19)17-14-12(10-11(2)21-14)15(20)18-8-6-16-7-9-18/h10,16H,3-9H2,1-2H3,(H,17,19). The van der Waals surface area contributed by atoms with Gasteiger partial charge in [-0.25, -0.2) is 0 Å². The zero-order valence-corrected chi connectivity index (χ0v) is 13.5. The van der Waals surface area contributed by atoms with Gasteiger partial charge in [0.25, 0.3) is 5.91 Å². The number of hydrogen-bond donors (Lipinski definition) is 2. The highest BCUT2D eigenvalue weighted by molar-refractivity contribution is 7.16. The van der Waals surface area contributed by atoms with E-state index in [2.05, 4.69) is 17.6 Å². The van der Waals surface area contributed by atoms with E-state index in [0.717, 1.165) is 43.9 Å². The third-order valence-electron chi connectivity index (χ3n) is 3.50. The number of hydrogen-bond acceptors (Lipinski definition) is 4. The van der Waals surface area contributed by atoms with Crippen LogP contribution in [0.1, 0.15) is 41.4 Å². The molecular formula is C15H23N3O2S. The number of carbonyl (C=O) groups excluding carboxylic acids is 2. The quantitative estimate of drug-likeness (QED) is 0.877. The number of aryl methyl sites for hydroxylation is 1. The molecule has 6 heteroatoms. The van der Waals surface area contributed by atoms with Crippen LogP contribution in [-0.2, 0) is 4.79 Å². The number of thiophene rings is 1. The van der Waals surface area contributed by atoms with Crippen LogP contribution in [0, 0.1) is 6.92 Å². The van der Waals surface area contributed by atoms with E-state index in [1.54, 1.807) is 0 Å². The number of unbranched alkanes of at least 4 members (excludes halogenated alkanes) is 1. The van der Waals surface area contributed by atoms with Gasteiger partial charge in [-0.05, 0) is 19.4 Å². The van der Waals surface area contributed by atoms with Gasteiger partial charge in [-0.2, -0.15) is 0 Å². The Morgan fingerprint density at radius 2 is 2.10 bits per heavy atom. The number of nitrogens with one attached hydrogen (secondary N) is 2. The molecule has 21 heavy (non-hydrogen) atoms. The molecule has 0 aromatic carbocycles. The predicted molar refractivity (Wildman–Crippen MR) is 86.0 cm³/mol. The fourth-order valence-corrected chi connectivity index (χ4v) is 3.25. The molecule has 0 unspecified atom stereocenters. The van der Waals surface area contributed by atoms with Gasteiger partial charge in [-0.15, -0.1) is 11.3 Å². The highest BCUT2D eigenvalue weighted by Crippen LogP contribution is 2.29. The van der Waals surface area contributed by atoms with Gasteiger partial charge in [0.15, 0.2) is 0 Å². The molecule has 5 nitrogen and oxygen atoms in total. The summed E-state index contributed by atoms with van der Waals surface area (Å²) in [6, 6.07) is 1.88. The van der Waals surface area contributed by atoms with Gasteiger partial charge < -0.3 is 15.5 Å². The summed E-state index contributed by atoms with van der Waals surface area (Å²) >= 11 is 1.47. The maximum absolute atomic E-state index is 12.6. The Morgan fingerprint density at radius 3 is 2.76 bits per heavy atom. The fraction of sp³-hybridized carbons (Fsp3) is 0.600. The van der Waals surface area contributed by atoms with Crippen molar-refractivity contribution in [3.8, 4) is 0 Å². The first-order chi connectivity index (χ1) is 10.1. The molecule has 2 heterocycles. The van der Waals surface area contributed by atoms with Crippen LogP contribution in [0.15, 0.2) is 6.07 Å². The summed E-state index contributed by atoms with van der Waals surface area (Å²) < 4.78 is 0. The molecule has 1 aliphatic rings. The molecule has 0 saturated carbocycles. The maximum Gasteiger partial charge on any atom is 0.256 e. The Balaban J connectivity index is 2.08. The largest absolute Gasteiger partial charge is 0.336 e. The van der Waals surface area contributed by atoms with Crippen LogP contribution in [0.5, 0.6) is 0 Å². The Labute approximate surface area is 129 Å². The van der Waals surface area contributed by atoms with Crippen molar-refractivity contribution in [3.63, 3.8) is 0 Å². The van der Waals surface area contributed by atoms with Crippen LogP contribution in [0.4, 0.5) is 5.00 Å². The lowest BCUT2D eigenvalue weighted by Gasteiger charge is -2.27. The summed E-state index contributed by atoms with van der Waals surface area (Å²) in [5.41, 5.74) is 0.629. The third kappa shape index (κ3) is 4.28. The van der Waals surface area contributed by atoms with E-state index in [0.29, 0.717) is 17.0 Å². The van der Waals surface area contributed by atoms with Crippen LogP contribution in [0.2, 0.25) is 0 Å². The molecule has 0 atom stereocenters. The van der Waals surface area contributed by atoms with Crippen molar-refractivity contribution in [2.75, 3.05) is 31.5 Å². The van der Waals surface area contributed by atoms with E-state index >= 15 is 0 Å². The normalized spacial score (nSPS) is 15.0. The fourth-order valence-electron chi connectivity index (χ4n) is 2.33. The van der Waals surface area contributed by atoms with Crippen LogP contribution in [-0.4, -0.2) is 42.9 Å². The molecule has 116 valence electrons. The second kappa shape index (κ2) is 7.56. The predicted octanol–water partition coefficient (Wildman–Crippen LogP) is 2.23. The summed E-state index contributed by atoms with van der Waals surface area (Å²) in [6.45, 7) is 7.11. The Bertz CT molecular complexity index is 507. The van der Waals surface area contributed by atoms with Gasteiger partial charge in [0.1, 0.15) is 5.00 Å². The molecule has 0 bridgehead atoms. The van der Waals surface area contributed by atoms with E-state index < -0.39 is 0 Å². The Hall–Kier alpha value is -1.40. The minimum absolute atomic E-state index is 0.00643. The van der Waals surface area contributed by atoms with Gasteiger partial charge in [0, 0.05) is 37.5 Å². The van der Waals surface area contributed by atoms with Crippen molar-refractivity contribution in [1.82, 2.24) is 10.2 Å². The SMILES string of the molecule is CCCCC(=O)Nc1sc(C)cc1C(=O)N1CCNCC1. The molecule has 2 N–H and O–H groups in total. The second-order valence-electron chi connectivity index (χ2n) is 5.29. The molecule has 1 saturated heterocycles. The number of carbonyl (C=O) groups is 2. The van der Waals surface area contributed by atoms with E-state index in [1.807, 2.05) is 17.9 Å². The van der Waals surface area contributed by atoms with Crippen molar-refractivity contribution >= 4 is 28.2 Å². The van der Waals surface area contributed by atoms with Crippen molar-refractivity contribution in [1.29, 1.82) is 0 Å². The molecule has 1 aliphatic heterocycles. The van der Waals surface area contributed by atoms with Crippen molar-refractivity contribution in [3.05, 3.63) is 16.5 Å². The topological polar surface area (TPSA) is 61.4 Å². The first kappa shape index (κ1) is 16.0. The first-order valence-corrected chi connectivity index (χ1v) is 8.33. The number of nitrogens with zero attached hydrogens (tertiary/aromatic N) is 1. The van der Waals surface area contributed by atoms with Crippen molar-refractivity contribution in [2.45, 2.75) is 33.1 Å². The molecule has 0 radical (unpaired) electrons. The van der Waals surface area contributed by atoms with Crippen LogP contribution < -0.4 is 10.6 Å². The van der Waals surface area contributed by atoms with Gasteiger partial charge in [-0.3, -0.25) is 9.59 Å². The number of rotatable bonds is 5. The average Bonchev–Trinajstić information content (AvgIpc) is 2.85. The summed E-state index contributed by atoms with van der Waals surface area (Å²) in [6.07, 6.45) is 2.37. The molecule has 1 aromatic rings. The molecule has 0 spiro atoms. The highest BCUT2D eigenvalue weighted by Gasteiger charge is 2.23. The van der Waals surface area contributed by atoms with Gasteiger partial charge in [0.2, 0.25) is 5.91 Å².